The molecule has 0 aliphatic heterocycles. The van der Waals surface area contributed by atoms with Gasteiger partial charge in [0.05, 0.1) is 16.5 Å². The first-order chi connectivity index (χ1) is 9.81. The van der Waals surface area contributed by atoms with Gasteiger partial charge in [-0.15, -0.1) is 0 Å². The SMILES string of the molecule is NC(=O)COCCNS(=O)(=O)c1ccc(CC(N)=S)cc1. The lowest BCUT2D eigenvalue weighted by Crippen LogP contribution is -2.29. The highest BCUT2D eigenvalue weighted by Gasteiger charge is 2.13. The first-order valence-corrected chi connectivity index (χ1v) is 7.93. The van der Waals surface area contributed by atoms with Crippen LogP contribution in [0.2, 0.25) is 0 Å². The van der Waals surface area contributed by atoms with Gasteiger partial charge in [0.1, 0.15) is 6.61 Å². The van der Waals surface area contributed by atoms with E-state index in [0.29, 0.717) is 11.4 Å². The van der Waals surface area contributed by atoms with Crippen LogP contribution in [0.5, 0.6) is 0 Å². The predicted molar refractivity (Wildman–Crippen MR) is 82.1 cm³/mol. The van der Waals surface area contributed by atoms with Gasteiger partial charge in [0.25, 0.3) is 0 Å². The van der Waals surface area contributed by atoms with Crippen molar-refractivity contribution in [1.29, 1.82) is 0 Å². The lowest BCUT2D eigenvalue weighted by molar-refractivity contribution is -0.122. The Bertz CT molecular complexity index is 599. The molecule has 0 radical (unpaired) electrons. The zero-order chi connectivity index (χ0) is 15.9. The number of amides is 1. The summed E-state index contributed by atoms with van der Waals surface area (Å²) >= 11 is 4.78. The second kappa shape index (κ2) is 8.03. The number of thiocarbonyl (C=S) groups is 1. The van der Waals surface area contributed by atoms with Crippen LogP contribution in [0, 0.1) is 0 Å². The fourth-order valence-corrected chi connectivity index (χ4v) is 2.67. The molecule has 0 aliphatic rings. The third-order valence-electron chi connectivity index (χ3n) is 2.39. The van der Waals surface area contributed by atoms with Crippen molar-refractivity contribution in [2.75, 3.05) is 19.8 Å². The standard InChI is InChI=1S/C12H17N3O4S2/c13-11(16)8-19-6-5-15-21(17,18)10-3-1-9(2-4-10)7-12(14)20/h1-4,15H,5-8H2,(H2,13,16)(H2,14,20). The minimum Gasteiger partial charge on any atom is -0.393 e. The fraction of sp³-hybridized carbons (Fsp3) is 0.333. The molecule has 7 nitrogen and oxygen atoms in total. The van der Waals surface area contributed by atoms with E-state index in [1.807, 2.05) is 0 Å². The number of sulfonamides is 1. The molecule has 0 saturated heterocycles. The van der Waals surface area contributed by atoms with E-state index in [1.54, 1.807) is 12.1 Å². The predicted octanol–water partition coefficient (Wildman–Crippen LogP) is -0.705. The minimum atomic E-state index is -3.62. The Morgan fingerprint density at radius 3 is 2.38 bits per heavy atom. The van der Waals surface area contributed by atoms with Crippen molar-refractivity contribution < 1.29 is 17.9 Å². The van der Waals surface area contributed by atoms with Crippen molar-refractivity contribution in [3.05, 3.63) is 29.8 Å². The van der Waals surface area contributed by atoms with Gasteiger partial charge in [-0.2, -0.15) is 0 Å². The van der Waals surface area contributed by atoms with Gasteiger partial charge in [-0.05, 0) is 17.7 Å². The summed E-state index contributed by atoms with van der Waals surface area (Å²) in [7, 11) is -3.62. The van der Waals surface area contributed by atoms with Crippen molar-refractivity contribution in [2.24, 2.45) is 11.5 Å². The van der Waals surface area contributed by atoms with E-state index in [-0.39, 0.29) is 24.7 Å². The Kier molecular flexibility index (Phi) is 6.69. The number of carbonyl (C=O) groups excluding carboxylic acids is 1. The molecule has 9 heteroatoms. The van der Waals surface area contributed by atoms with Crippen LogP contribution in [0.25, 0.3) is 0 Å². The van der Waals surface area contributed by atoms with Gasteiger partial charge in [0.2, 0.25) is 15.9 Å². The highest BCUT2D eigenvalue weighted by atomic mass is 32.2. The summed E-state index contributed by atoms with van der Waals surface area (Å²) in [6, 6.07) is 6.25. The molecule has 0 bridgehead atoms. The van der Waals surface area contributed by atoms with Crippen molar-refractivity contribution in [1.82, 2.24) is 4.72 Å². The maximum absolute atomic E-state index is 12.0. The van der Waals surface area contributed by atoms with Crippen LogP contribution >= 0.6 is 12.2 Å². The third kappa shape index (κ3) is 6.63. The molecule has 0 spiro atoms. The zero-order valence-corrected chi connectivity index (χ0v) is 12.9. The van der Waals surface area contributed by atoms with Crippen LogP contribution in [-0.2, 0) is 26.0 Å². The Morgan fingerprint density at radius 2 is 1.86 bits per heavy atom. The summed E-state index contributed by atoms with van der Waals surface area (Å²) in [4.78, 5) is 10.9. The number of rotatable bonds is 9. The quantitative estimate of drug-likeness (QED) is 0.406. The monoisotopic (exact) mass is 331 g/mol. The molecule has 1 rings (SSSR count). The third-order valence-corrected chi connectivity index (χ3v) is 4.02. The molecule has 0 aliphatic carbocycles. The van der Waals surface area contributed by atoms with Crippen molar-refractivity contribution in [3.63, 3.8) is 0 Å². The first-order valence-electron chi connectivity index (χ1n) is 6.04. The van der Waals surface area contributed by atoms with Crippen LogP contribution in [0.1, 0.15) is 5.56 Å². The van der Waals surface area contributed by atoms with Gasteiger partial charge in [-0.25, -0.2) is 13.1 Å². The molecule has 0 atom stereocenters. The lowest BCUT2D eigenvalue weighted by Gasteiger charge is -2.07. The maximum Gasteiger partial charge on any atom is 0.243 e. The zero-order valence-electron chi connectivity index (χ0n) is 11.2. The van der Waals surface area contributed by atoms with Gasteiger partial charge in [-0.3, -0.25) is 4.79 Å². The Hall–Kier alpha value is -1.55. The van der Waals surface area contributed by atoms with Gasteiger partial charge in [-0.1, -0.05) is 24.4 Å². The summed E-state index contributed by atoms with van der Waals surface area (Å²) in [5.74, 6) is -0.605. The highest BCUT2D eigenvalue weighted by Crippen LogP contribution is 2.10. The number of carbonyl (C=O) groups is 1. The molecule has 1 aromatic carbocycles. The molecule has 21 heavy (non-hydrogen) atoms. The summed E-state index contributed by atoms with van der Waals surface area (Å²) in [5, 5.41) is 0. The molecule has 5 N–H and O–H groups in total. The molecule has 1 amide bonds. The molecule has 0 saturated carbocycles. The van der Waals surface area contributed by atoms with Crippen LogP contribution < -0.4 is 16.2 Å². The van der Waals surface area contributed by atoms with Crippen LogP contribution in [0.15, 0.2) is 29.2 Å². The van der Waals surface area contributed by atoms with Gasteiger partial charge >= 0.3 is 0 Å². The summed E-state index contributed by atoms with van der Waals surface area (Å²) in [5.41, 5.74) is 11.1. The van der Waals surface area contributed by atoms with Crippen molar-refractivity contribution in [2.45, 2.75) is 11.3 Å². The topological polar surface area (TPSA) is 125 Å². The van der Waals surface area contributed by atoms with Gasteiger partial charge < -0.3 is 16.2 Å². The van der Waals surface area contributed by atoms with E-state index in [0.717, 1.165) is 5.56 Å². The maximum atomic E-state index is 12.0. The van der Waals surface area contributed by atoms with Gasteiger partial charge in [0, 0.05) is 13.0 Å². The molecule has 116 valence electrons. The number of ether oxygens (including phenoxy) is 1. The Balaban J connectivity index is 2.54. The average molecular weight is 331 g/mol. The minimum absolute atomic E-state index is 0.0459. The number of nitrogens with two attached hydrogens (primary N) is 2. The largest absolute Gasteiger partial charge is 0.393 e. The van der Waals surface area contributed by atoms with E-state index in [1.165, 1.54) is 12.1 Å². The molecule has 0 heterocycles. The average Bonchev–Trinajstić information content (AvgIpc) is 2.37. The summed E-state index contributed by atoms with van der Waals surface area (Å²) in [6.45, 7) is -0.138. The number of primary amides is 1. The number of nitrogens with one attached hydrogen (secondary N) is 1. The van der Waals surface area contributed by atoms with Crippen LogP contribution in [-0.4, -0.2) is 39.1 Å². The lowest BCUT2D eigenvalue weighted by atomic mass is 10.1. The Labute approximate surface area is 128 Å². The second-order valence-corrected chi connectivity index (χ2v) is 6.50. The summed E-state index contributed by atoms with van der Waals surface area (Å²) < 4.78 is 31.1. The Morgan fingerprint density at radius 1 is 1.24 bits per heavy atom. The highest BCUT2D eigenvalue weighted by molar-refractivity contribution is 7.89. The van der Waals surface area contributed by atoms with E-state index < -0.39 is 15.9 Å². The molecule has 0 unspecified atom stereocenters. The van der Waals surface area contributed by atoms with Crippen LogP contribution in [0.3, 0.4) is 0 Å². The molecule has 0 fully saturated rings. The first kappa shape index (κ1) is 17.5. The van der Waals surface area contributed by atoms with Crippen molar-refractivity contribution >= 4 is 33.1 Å². The number of hydrogen-bond acceptors (Lipinski definition) is 5. The normalized spacial score (nSPS) is 11.2. The van der Waals surface area contributed by atoms with E-state index >= 15 is 0 Å². The second-order valence-electron chi connectivity index (χ2n) is 4.20. The molecular weight excluding hydrogens is 314 g/mol. The van der Waals surface area contributed by atoms with Gasteiger partial charge in [0.15, 0.2) is 0 Å². The molecule has 1 aromatic rings. The number of benzene rings is 1. The van der Waals surface area contributed by atoms with Crippen LogP contribution in [0.4, 0.5) is 0 Å². The fourth-order valence-electron chi connectivity index (χ4n) is 1.49. The van der Waals surface area contributed by atoms with E-state index in [2.05, 4.69) is 4.72 Å². The molecule has 0 aromatic heterocycles. The van der Waals surface area contributed by atoms with E-state index in [4.69, 9.17) is 28.4 Å². The summed E-state index contributed by atoms with van der Waals surface area (Å²) in [6.07, 6.45) is 0.421. The smallest absolute Gasteiger partial charge is 0.243 e. The van der Waals surface area contributed by atoms with Crippen molar-refractivity contribution in [3.8, 4) is 0 Å². The molecular formula is C12H17N3O4S2. The van der Waals surface area contributed by atoms with E-state index in [9.17, 15) is 13.2 Å². The number of hydrogen-bond donors (Lipinski definition) is 3.